The highest BCUT2D eigenvalue weighted by molar-refractivity contribution is 9.10. The first-order valence-electron chi connectivity index (χ1n) is 5.78. The third-order valence-corrected chi connectivity index (χ3v) is 3.74. The van der Waals surface area contributed by atoms with Gasteiger partial charge in [0.25, 0.3) is 0 Å². The summed E-state index contributed by atoms with van der Waals surface area (Å²) < 4.78 is 0.984. The van der Waals surface area contributed by atoms with Crippen LogP contribution < -0.4 is 10.2 Å². The molecule has 4 nitrogen and oxygen atoms in total. The molecular formula is C12H16BrN3O. The van der Waals surface area contributed by atoms with Gasteiger partial charge in [0.15, 0.2) is 0 Å². The van der Waals surface area contributed by atoms with Crippen LogP contribution in [-0.4, -0.2) is 31.0 Å². The lowest BCUT2D eigenvalue weighted by atomic mass is 9.97. The van der Waals surface area contributed by atoms with Crippen molar-refractivity contribution >= 4 is 27.5 Å². The molecule has 1 aliphatic rings. The summed E-state index contributed by atoms with van der Waals surface area (Å²) in [5.41, 5.74) is 1.12. The Hall–Kier alpha value is -1.10. The molecule has 2 rings (SSSR count). The molecule has 1 amide bonds. The number of amides is 1. The van der Waals surface area contributed by atoms with E-state index in [-0.39, 0.29) is 11.8 Å². The van der Waals surface area contributed by atoms with Crippen molar-refractivity contribution in [3.63, 3.8) is 0 Å². The van der Waals surface area contributed by atoms with E-state index in [1.54, 1.807) is 19.4 Å². The number of hydrogen-bond donors (Lipinski definition) is 1. The van der Waals surface area contributed by atoms with Crippen LogP contribution in [0.25, 0.3) is 0 Å². The van der Waals surface area contributed by atoms with Crippen molar-refractivity contribution in [2.45, 2.75) is 12.8 Å². The maximum absolute atomic E-state index is 11.7. The van der Waals surface area contributed by atoms with Gasteiger partial charge >= 0.3 is 0 Å². The zero-order valence-electron chi connectivity index (χ0n) is 9.82. The molecule has 0 radical (unpaired) electrons. The number of piperidine rings is 1. The number of halogens is 1. The van der Waals surface area contributed by atoms with Gasteiger partial charge in [-0.05, 0) is 34.8 Å². The zero-order valence-corrected chi connectivity index (χ0v) is 11.4. The Morgan fingerprint density at radius 3 is 3.18 bits per heavy atom. The highest BCUT2D eigenvalue weighted by Crippen LogP contribution is 2.29. The first kappa shape index (κ1) is 12.4. The fourth-order valence-electron chi connectivity index (χ4n) is 2.24. The number of pyridine rings is 1. The number of carbonyl (C=O) groups is 1. The Kier molecular flexibility index (Phi) is 3.99. The van der Waals surface area contributed by atoms with Gasteiger partial charge in [-0.15, -0.1) is 0 Å². The number of rotatable bonds is 2. The van der Waals surface area contributed by atoms with E-state index in [1.165, 1.54) is 0 Å². The Balaban J connectivity index is 2.12. The lowest BCUT2D eigenvalue weighted by molar-refractivity contribution is -0.124. The van der Waals surface area contributed by atoms with Crippen molar-refractivity contribution in [2.75, 3.05) is 25.0 Å². The molecule has 0 aliphatic carbocycles. The molecule has 2 heterocycles. The van der Waals surface area contributed by atoms with Gasteiger partial charge in [-0.1, -0.05) is 0 Å². The average Bonchev–Trinajstić information content (AvgIpc) is 2.38. The van der Waals surface area contributed by atoms with Gasteiger partial charge in [-0.25, -0.2) is 0 Å². The summed E-state index contributed by atoms with van der Waals surface area (Å²) in [5.74, 6) is 0.230. The van der Waals surface area contributed by atoms with Crippen LogP contribution in [0, 0.1) is 5.92 Å². The Bertz CT molecular complexity index is 410. The fourth-order valence-corrected chi connectivity index (χ4v) is 2.74. The second-order valence-corrected chi connectivity index (χ2v) is 5.08. The molecule has 0 bridgehead atoms. The number of carbonyl (C=O) groups excluding carboxylic acids is 1. The molecule has 0 saturated carbocycles. The first-order valence-corrected chi connectivity index (χ1v) is 6.57. The number of nitrogens with zero attached hydrogens (tertiary/aromatic N) is 2. The van der Waals surface area contributed by atoms with Gasteiger partial charge in [0.05, 0.1) is 16.1 Å². The van der Waals surface area contributed by atoms with Crippen molar-refractivity contribution in [1.29, 1.82) is 0 Å². The molecule has 92 valence electrons. The van der Waals surface area contributed by atoms with Crippen LogP contribution in [0.4, 0.5) is 5.69 Å². The Morgan fingerprint density at radius 2 is 2.47 bits per heavy atom. The third kappa shape index (κ3) is 2.77. The normalized spacial score (nSPS) is 20.1. The minimum Gasteiger partial charge on any atom is -0.370 e. The monoisotopic (exact) mass is 297 g/mol. The number of nitrogens with one attached hydrogen (secondary N) is 1. The van der Waals surface area contributed by atoms with E-state index in [4.69, 9.17) is 0 Å². The van der Waals surface area contributed by atoms with E-state index >= 15 is 0 Å². The second-order valence-electron chi connectivity index (χ2n) is 4.23. The number of aromatic nitrogens is 1. The van der Waals surface area contributed by atoms with Gasteiger partial charge in [-0.3, -0.25) is 9.78 Å². The summed E-state index contributed by atoms with van der Waals surface area (Å²) in [4.78, 5) is 18.0. The highest BCUT2D eigenvalue weighted by atomic mass is 79.9. The first-order chi connectivity index (χ1) is 8.22. The number of hydrogen-bond acceptors (Lipinski definition) is 3. The van der Waals surface area contributed by atoms with Gasteiger partial charge in [0, 0.05) is 32.5 Å². The second kappa shape index (κ2) is 5.49. The molecule has 1 atom stereocenters. The van der Waals surface area contributed by atoms with Crippen molar-refractivity contribution in [3.8, 4) is 0 Å². The van der Waals surface area contributed by atoms with Crippen molar-refractivity contribution < 1.29 is 4.79 Å². The molecule has 1 aliphatic heterocycles. The van der Waals surface area contributed by atoms with Crippen molar-refractivity contribution in [3.05, 3.63) is 22.9 Å². The summed E-state index contributed by atoms with van der Waals surface area (Å²) >= 11 is 3.50. The highest BCUT2D eigenvalue weighted by Gasteiger charge is 2.25. The topological polar surface area (TPSA) is 45.2 Å². The lowest BCUT2D eigenvalue weighted by Crippen LogP contribution is -2.42. The van der Waals surface area contributed by atoms with Crippen LogP contribution in [0.2, 0.25) is 0 Å². The Morgan fingerprint density at radius 1 is 1.65 bits per heavy atom. The molecule has 1 N–H and O–H groups in total. The molecule has 0 aromatic carbocycles. The fraction of sp³-hybridized carbons (Fsp3) is 0.500. The van der Waals surface area contributed by atoms with E-state index < -0.39 is 0 Å². The molecule has 17 heavy (non-hydrogen) atoms. The van der Waals surface area contributed by atoms with Crippen LogP contribution in [0.15, 0.2) is 22.9 Å². The molecule has 1 aromatic rings. The van der Waals surface area contributed by atoms with E-state index in [2.05, 4.69) is 31.1 Å². The van der Waals surface area contributed by atoms with Gasteiger partial charge in [0.2, 0.25) is 5.91 Å². The third-order valence-electron chi connectivity index (χ3n) is 3.13. The quantitative estimate of drug-likeness (QED) is 0.905. The van der Waals surface area contributed by atoms with Crippen LogP contribution in [0.5, 0.6) is 0 Å². The average molecular weight is 298 g/mol. The summed E-state index contributed by atoms with van der Waals surface area (Å²) in [7, 11) is 1.70. The summed E-state index contributed by atoms with van der Waals surface area (Å²) in [6.45, 7) is 1.78. The minimum atomic E-state index is 0.0915. The van der Waals surface area contributed by atoms with Crippen LogP contribution >= 0.6 is 15.9 Å². The zero-order chi connectivity index (χ0) is 12.3. The van der Waals surface area contributed by atoms with E-state index in [9.17, 15) is 4.79 Å². The predicted molar refractivity (Wildman–Crippen MR) is 70.9 cm³/mol. The summed E-state index contributed by atoms with van der Waals surface area (Å²) in [6.07, 6.45) is 5.59. The molecule has 1 saturated heterocycles. The molecule has 1 fully saturated rings. The minimum absolute atomic E-state index is 0.0915. The van der Waals surface area contributed by atoms with Gasteiger partial charge in [-0.2, -0.15) is 0 Å². The van der Waals surface area contributed by atoms with E-state index in [1.807, 2.05) is 6.07 Å². The molecular weight excluding hydrogens is 282 g/mol. The van der Waals surface area contributed by atoms with Crippen LogP contribution in [-0.2, 0) is 4.79 Å². The molecule has 5 heteroatoms. The molecule has 1 unspecified atom stereocenters. The summed E-state index contributed by atoms with van der Waals surface area (Å²) in [6, 6.07) is 1.98. The van der Waals surface area contributed by atoms with Crippen molar-refractivity contribution in [1.82, 2.24) is 10.3 Å². The summed E-state index contributed by atoms with van der Waals surface area (Å²) in [5, 5.41) is 2.73. The lowest BCUT2D eigenvalue weighted by Gasteiger charge is -2.33. The Labute approximate surface area is 110 Å². The molecule has 0 spiro atoms. The maximum atomic E-state index is 11.7. The van der Waals surface area contributed by atoms with Gasteiger partial charge < -0.3 is 10.2 Å². The van der Waals surface area contributed by atoms with Gasteiger partial charge in [0.1, 0.15) is 0 Å². The SMILES string of the molecule is CNC(=O)C1CCCN(c2ccncc2Br)C1. The van der Waals surface area contributed by atoms with E-state index in [0.717, 1.165) is 36.1 Å². The smallest absolute Gasteiger partial charge is 0.224 e. The molecule has 1 aromatic heterocycles. The number of anilines is 1. The maximum Gasteiger partial charge on any atom is 0.224 e. The largest absolute Gasteiger partial charge is 0.370 e. The standard InChI is InChI=1S/C12H16BrN3O/c1-14-12(17)9-3-2-6-16(8-9)11-4-5-15-7-10(11)13/h4-5,7,9H,2-3,6,8H2,1H3,(H,14,17). The van der Waals surface area contributed by atoms with E-state index in [0.29, 0.717) is 0 Å². The van der Waals surface area contributed by atoms with Crippen molar-refractivity contribution in [2.24, 2.45) is 5.92 Å². The van der Waals surface area contributed by atoms with Crippen LogP contribution in [0.1, 0.15) is 12.8 Å². The van der Waals surface area contributed by atoms with Crippen LogP contribution in [0.3, 0.4) is 0 Å². The predicted octanol–water partition coefficient (Wildman–Crippen LogP) is 1.81.